The SMILES string of the molecule is O=C(NCCS(=O)(=O)N1CCc2ccccc21)Nc1nc(C(F)(F)F)cs1. The number of nitrogens with zero attached hydrogens (tertiary/aromatic N) is 2. The number of carbonyl (C=O) groups is 1. The van der Waals surface area contributed by atoms with Crippen molar-refractivity contribution in [3.8, 4) is 0 Å². The maximum Gasteiger partial charge on any atom is 0.434 e. The average Bonchev–Trinajstić information content (AvgIpc) is 3.21. The van der Waals surface area contributed by atoms with Crippen LogP contribution in [0.4, 0.5) is 28.8 Å². The Hall–Kier alpha value is -2.34. The molecule has 0 aliphatic carbocycles. The molecule has 1 aromatic carbocycles. The molecule has 2 heterocycles. The molecule has 146 valence electrons. The van der Waals surface area contributed by atoms with Crippen molar-refractivity contribution >= 4 is 38.2 Å². The van der Waals surface area contributed by atoms with Gasteiger partial charge in [-0.3, -0.25) is 9.62 Å². The fourth-order valence-electron chi connectivity index (χ4n) is 2.60. The molecule has 0 atom stereocenters. The predicted octanol–water partition coefficient (Wildman–Crippen LogP) is 2.68. The maximum atomic E-state index is 12.5. The van der Waals surface area contributed by atoms with Crippen LogP contribution in [0.2, 0.25) is 0 Å². The lowest BCUT2D eigenvalue weighted by Gasteiger charge is -2.19. The van der Waals surface area contributed by atoms with Crippen LogP contribution in [-0.2, 0) is 22.6 Å². The number of hydrogen-bond acceptors (Lipinski definition) is 5. The molecule has 2 aromatic rings. The van der Waals surface area contributed by atoms with Crippen molar-refractivity contribution in [1.29, 1.82) is 0 Å². The van der Waals surface area contributed by atoms with E-state index in [4.69, 9.17) is 0 Å². The molecule has 0 spiro atoms. The summed E-state index contributed by atoms with van der Waals surface area (Å²) in [5.41, 5.74) is 0.471. The third kappa shape index (κ3) is 4.50. The molecule has 1 aromatic heterocycles. The average molecular weight is 420 g/mol. The Morgan fingerprint density at radius 2 is 2.04 bits per heavy atom. The van der Waals surface area contributed by atoms with Gasteiger partial charge in [0.25, 0.3) is 0 Å². The highest BCUT2D eigenvalue weighted by Gasteiger charge is 2.34. The molecule has 3 rings (SSSR count). The monoisotopic (exact) mass is 420 g/mol. The van der Waals surface area contributed by atoms with Gasteiger partial charge in [0.1, 0.15) is 0 Å². The normalized spacial score (nSPS) is 14.1. The van der Waals surface area contributed by atoms with Gasteiger partial charge < -0.3 is 5.32 Å². The Bertz CT molecular complexity index is 944. The van der Waals surface area contributed by atoms with E-state index in [1.807, 2.05) is 12.1 Å². The highest BCUT2D eigenvalue weighted by molar-refractivity contribution is 7.92. The first-order valence-electron chi connectivity index (χ1n) is 7.83. The Balaban J connectivity index is 1.52. The third-order valence-corrected chi connectivity index (χ3v) is 6.37. The van der Waals surface area contributed by atoms with Crippen molar-refractivity contribution in [3.63, 3.8) is 0 Å². The summed E-state index contributed by atoms with van der Waals surface area (Å²) in [5, 5.41) is 5.02. The molecule has 0 unspecified atom stereocenters. The van der Waals surface area contributed by atoms with Crippen LogP contribution in [0, 0.1) is 0 Å². The number of urea groups is 1. The van der Waals surface area contributed by atoms with Crippen molar-refractivity contribution in [2.75, 3.05) is 28.5 Å². The number of thiazole rings is 1. The van der Waals surface area contributed by atoms with Crippen molar-refractivity contribution in [2.45, 2.75) is 12.6 Å². The highest BCUT2D eigenvalue weighted by atomic mass is 32.2. The standard InChI is InChI=1S/C15H15F3N4O3S2/c16-15(17,18)12-9-26-14(20-12)21-13(23)19-6-8-27(24,25)22-7-5-10-3-1-2-4-11(10)22/h1-4,9H,5-8H2,(H2,19,20,21,23). The number of aromatic nitrogens is 1. The van der Waals surface area contributed by atoms with E-state index in [1.165, 1.54) is 4.31 Å². The van der Waals surface area contributed by atoms with Crippen LogP contribution < -0.4 is 14.9 Å². The number of hydrogen-bond donors (Lipinski definition) is 2. The number of carbonyl (C=O) groups excluding carboxylic acids is 1. The molecule has 0 bridgehead atoms. The van der Waals surface area contributed by atoms with Gasteiger partial charge >= 0.3 is 12.2 Å². The molecule has 0 saturated carbocycles. The zero-order valence-electron chi connectivity index (χ0n) is 13.8. The van der Waals surface area contributed by atoms with Crippen molar-refractivity contribution in [3.05, 3.63) is 40.9 Å². The predicted molar refractivity (Wildman–Crippen MR) is 95.4 cm³/mol. The van der Waals surface area contributed by atoms with Crippen LogP contribution in [0.1, 0.15) is 11.3 Å². The quantitative estimate of drug-likeness (QED) is 0.778. The van der Waals surface area contributed by atoms with Gasteiger partial charge in [-0.25, -0.2) is 18.2 Å². The molecule has 0 saturated heterocycles. The van der Waals surface area contributed by atoms with E-state index in [-0.39, 0.29) is 17.4 Å². The molecule has 7 nitrogen and oxygen atoms in total. The van der Waals surface area contributed by atoms with Gasteiger partial charge in [0.15, 0.2) is 10.8 Å². The van der Waals surface area contributed by atoms with Crippen molar-refractivity contribution in [1.82, 2.24) is 10.3 Å². The minimum Gasteiger partial charge on any atom is -0.337 e. The molecule has 0 fully saturated rings. The molecule has 1 aliphatic heterocycles. The first-order chi connectivity index (χ1) is 12.7. The maximum absolute atomic E-state index is 12.5. The Morgan fingerprint density at radius 3 is 2.74 bits per heavy atom. The number of rotatable bonds is 5. The number of nitrogens with one attached hydrogen (secondary N) is 2. The van der Waals surface area contributed by atoms with Gasteiger partial charge in [0, 0.05) is 18.5 Å². The topological polar surface area (TPSA) is 91.4 Å². The number of alkyl halides is 3. The van der Waals surface area contributed by atoms with E-state index in [1.54, 1.807) is 12.1 Å². The number of sulfonamides is 1. The highest BCUT2D eigenvalue weighted by Crippen LogP contribution is 2.32. The van der Waals surface area contributed by atoms with Crippen LogP contribution in [0.25, 0.3) is 0 Å². The van der Waals surface area contributed by atoms with Crippen LogP contribution in [0.3, 0.4) is 0 Å². The van der Waals surface area contributed by atoms with E-state index in [0.717, 1.165) is 10.9 Å². The van der Waals surface area contributed by atoms with E-state index < -0.39 is 27.9 Å². The Kier molecular flexibility index (Phi) is 5.29. The lowest BCUT2D eigenvalue weighted by Crippen LogP contribution is -2.38. The number of para-hydroxylation sites is 1. The van der Waals surface area contributed by atoms with Gasteiger partial charge in [-0.15, -0.1) is 11.3 Å². The minimum absolute atomic E-state index is 0.190. The van der Waals surface area contributed by atoms with E-state index in [0.29, 0.717) is 30.0 Å². The second-order valence-corrected chi connectivity index (χ2v) is 8.55. The summed E-state index contributed by atoms with van der Waals surface area (Å²) in [6, 6.07) is 6.35. The molecule has 2 N–H and O–H groups in total. The summed E-state index contributed by atoms with van der Waals surface area (Å²) in [4.78, 5) is 15.0. The van der Waals surface area contributed by atoms with Gasteiger partial charge in [-0.2, -0.15) is 13.2 Å². The van der Waals surface area contributed by atoms with E-state index >= 15 is 0 Å². The smallest absolute Gasteiger partial charge is 0.337 e. The molecular weight excluding hydrogens is 405 g/mol. The minimum atomic E-state index is -4.59. The van der Waals surface area contributed by atoms with Crippen molar-refractivity contribution < 1.29 is 26.4 Å². The fourth-order valence-corrected chi connectivity index (χ4v) is 4.74. The molecular formula is C15H15F3N4O3S2. The number of fused-ring (bicyclic) bond motifs is 1. The lowest BCUT2D eigenvalue weighted by atomic mass is 10.2. The number of anilines is 2. The molecule has 12 heteroatoms. The Labute approximate surface area is 157 Å². The zero-order chi connectivity index (χ0) is 19.7. The first-order valence-corrected chi connectivity index (χ1v) is 10.3. The van der Waals surface area contributed by atoms with Gasteiger partial charge in [0.2, 0.25) is 10.0 Å². The number of halogens is 3. The van der Waals surface area contributed by atoms with Gasteiger partial charge in [-0.05, 0) is 18.1 Å². The summed E-state index contributed by atoms with van der Waals surface area (Å²) >= 11 is 0.627. The van der Waals surface area contributed by atoms with E-state index in [9.17, 15) is 26.4 Å². The van der Waals surface area contributed by atoms with Crippen molar-refractivity contribution in [2.24, 2.45) is 0 Å². The molecule has 2 amide bonds. The summed E-state index contributed by atoms with van der Waals surface area (Å²) in [5.74, 6) is -0.333. The van der Waals surface area contributed by atoms with Gasteiger partial charge in [0.05, 0.1) is 11.4 Å². The first kappa shape index (κ1) is 19.4. The second-order valence-electron chi connectivity index (χ2n) is 5.68. The van der Waals surface area contributed by atoms with E-state index in [2.05, 4.69) is 15.6 Å². The lowest BCUT2D eigenvalue weighted by molar-refractivity contribution is -0.140. The van der Waals surface area contributed by atoms with Crippen LogP contribution >= 0.6 is 11.3 Å². The summed E-state index contributed by atoms with van der Waals surface area (Å²) in [6.45, 7) is 0.150. The molecule has 0 radical (unpaired) electrons. The van der Waals surface area contributed by atoms with Crippen LogP contribution in [-0.4, -0.2) is 38.3 Å². The van der Waals surface area contributed by atoms with Crippen LogP contribution in [0.5, 0.6) is 0 Å². The van der Waals surface area contributed by atoms with Crippen LogP contribution in [0.15, 0.2) is 29.6 Å². The number of benzene rings is 1. The summed E-state index contributed by atoms with van der Waals surface area (Å²) < 4.78 is 63.7. The molecule has 1 aliphatic rings. The largest absolute Gasteiger partial charge is 0.434 e. The second kappa shape index (κ2) is 7.35. The summed E-state index contributed by atoms with van der Waals surface area (Å²) in [6.07, 6.45) is -3.97. The number of amides is 2. The molecule has 27 heavy (non-hydrogen) atoms. The Morgan fingerprint density at radius 1 is 1.30 bits per heavy atom. The summed E-state index contributed by atoms with van der Waals surface area (Å²) in [7, 11) is -3.63. The third-order valence-electron chi connectivity index (χ3n) is 3.84. The zero-order valence-corrected chi connectivity index (χ0v) is 15.4. The van der Waals surface area contributed by atoms with Gasteiger partial charge in [-0.1, -0.05) is 18.2 Å². The fraction of sp³-hybridized carbons (Fsp3) is 0.333.